The molecule has 138 valence electrons. The Morgan fingerprint density at radius 2 is 1.70 bits per heavy atom. The second-order valence-corrected chi connectivity index (χ2v) is 5.83. The second kappa shape index (κ2) is 7.59. The van der Waals surface area contributed by atoms with Gasteiger partial charge in [0.05, 0.1) is 24.9 Å². The first kappa shape index (κ1) is 18.6. The van der Waals surface area contributed by atoms with Gasteiger partial charge in [0.1, 0.15) is 17.1 Å². The van der Waals surface area contributed by atoms with Crippen LogP contribution in [-0.4, -0.2) is 35.9 Å². The highest BCUT2D eigenvalue weighted by Crippen LogP contribution is 2.33. The maximum Gasteiger partial charge on any atom is 0.357 e. The fourth-order valence-corrected chi connectivity index (χ4v) is 2.88. The van der Waals surface area contributed by atoms with Gasteiger partial charge in [0.25, 0.3) is 0 Å². The van der Waals surface area contributed by atoms with Crippen LogP contribution < -0.4 is 0 Å². The number of hydrogen-bond donors (Lipinski definition) is 0. The van der Waals surface area contributed by atoms with E-state index >= 15 is 0 Å². The van der Waals surface area contributed by atoms with E-state index in [1.165, 1.54) is 31.0 Å². The zero-order chi connectivity index (χ0) is 19.6. The zero-order valence-electron chi connectivity index (χ0n) is 14.4. The Bertz CT molecular complexity index is 1020. The van der Waals surface area contributed by atoms with Gasteiger partial charge < -0.3 is 9.47 Å². The van der Waals surface area contributed by atoms with Crippen LogP contribution >= 0.6 is 11.6 Å². The number of carbonyl (C=O) groups excluding carboxylic acids is 2. The summed E-state index contributed by atoms with van der Waals surface area (Å²) >= 11 is 6.15. The number of ether oxygens (including phenoxy) is 2. The largest absolute Gasteiger partial charge is 0.465 e. The summed E-state index contributed by atoms with van der Waals surface area (Å²) in [6.45, 7) is 0. The minimum absolute atomic E-state index is 0.0364. The summed E-state index contributed by atoms with van der Waals surface area (Å²) in [5.41, 5.74) is 0.634. The van der Waals surface area contributed by atoms with Crippen LogP contribution in [0, 0.1) is 5.82 Å². The molecule has 6 nitrogen and oxygen atoms in total. The molecule has 2 aromatic carbocycles. The van der Waals surface area contributed by atoms with Gasteiger partial charge in [-0.3, -0.25) is 0 Å². The summed E-state index contributed by atoms with van der Waals surface area (Å²) in [4.78, 5) is 24.9. The summed E-state index contributed by atoms with van der Waals surface area (Å²) in [6.07, 6.45) is 0. The number of rotatable bonds is 4. The van der Waals surface area contributed by atoms with Gasteiger partial charge in [-0.15, -0.1) is 0 Å². The first-order valence-electron chi connectivity index (χ1n) is 7.78. The standard InChI is InChI=1S/C19H14ClFN2O4/c1-26-18(24)15-16(13-9-8-11(21)10-14(13)20)22-23(17(15)19(25)27-2)12-6-4-3-5-7-12/h3-10H,1-2H3. The predicted octanol–water partition coefficient (Wildman–Crippen LogP) is 3.91. The van der Waals surface area contributed by atoms with Crippen LogP contribution in [0.4, 0.5) is 4.39 Å². The number of esters is 2. The van der Waals surface area contributed by atoms with Crippen LogP contribution in [0.5, 0.6) is 0 Å². The van der Waals surface area contributed by atoms with Crippen molar-refractivity contribution in [3.8, 4) is 16.9 Å². The van der Waals surface area contributed by atoms with Gasteiger partial charge in [-0.05, 0) is 30.3 Å². The molecule has 0 saturated carbocycles. The average Bonchev–Trinajstić information content (AvgIpc) is 3.07. The maximum atomic E-state index is 13.4. The molecule has 0 atom stereocenters. The molecule has 27 heavy (non-hydrogen) atoms. The number of methoxy groups -OCH3 is 2. The predicted molar refractivity (Wildman–Crippen MR) is 96.6 cm³/mol. The third kappa shape index (κ3) is 3.41. The summed E-state index contributed by atoms with van der Waals surface area (Å²) in [5.74, 6) is -2.12. The molecule has 0 saturated heterocycles. The summed E-state index contributed by atoms with van der Waals surface area (Å²) in [7, 11) is 2.37. The molecular weight excluding hydrogens is 375 g/mol. The smallest absolute Gasteiger partial charge is 0.357 e. The van der Waals surface area contributed by atoms with E-state index in [0.29, 0.717) is 5.69 Å². The number of benzene rings is 2. The number of hydrogen-bond acceptors (Lipinski definition) is 5. The molecule has 0 unspecified atom stereocenters. The fraction of sp³-hybridized carbons (Fsp3) is 0.105. The van der Waals surface area contributed by atoms with E-state index in [-0.39, 0.29) is 27.5 Å². The third-order valence-electron chi connectivity index (χ3n) is 3.84. The van der Waals surface area contributed by atoms with Gasteiger partial charge in [0.15, 0.2) is 5.69 Å². The molecule has 0 aliphatic heterocycles. The monoisotopic (exact) mass is 388 g/mol. The number of nitrogens with zero attached hydrogens (tertiary/aromatic N) is 2. The van der Waals surface area contributed by atoms with E-state index in [2.05, 4.69) is 5.10 Å². The molecule has 0 aliphatic rings. The molecule has 0 fully saturated rings. The SMILES string of the molecule is COC(=O)c1c(-c2ccc(F)cc2Cl)nn(-c2ccccc2)c1C(=O)OC. The Balaban J connectivity index is 2.38. The number of halogens is 2. The van der Waals surface area contributed by atoms with Crippen molar-refractivity contribution in [2.75, 3.05) is 14.2 Å². The van der Waals surface area contributed by atoms with Gasteiger partial charge in [-0.1, -0.05) is 29.8 Å². The Kier molecular flexibility index (Phi) is 5.23. The first-order chi connectivity index (χ1) is 13.0. The molecule has 0 aliphatic carbocycles. The lowest BCUT2D eigenvalue weighted by atomic mass is 10.1. The second-order valence-electron chi connectivity index (χ2n) is 5.43. The van der Waals surface area contributed by atoms with Gasteiger partial charge in [-0.2, -0.15) is 5.10 Å². The van der Waals surface area contributed by atoms with Crippen LogP contribution in [0.25, 0.3) is 16.9 Å². The Morgan fingerprint density at radius 1 is 1.04 bits per heavy atom. The fourth-order valence-electron chi connectivity index (χ4n) is 2.62. The molecule has 3 rings (SSSR count). The molecule has 0 bridgehead atoms. The molecular formula is C19H14ClFN2O4. The van der Waals surface area contributed by atoms with Crippen molar-refractivity contribution in [2.24, 2.45) is 0 Å². The van der Waals surface area contributed by atoms with E-state index in [9.17, 15) is 14.0 Å². The van der Waals surface area contributed by atoms with Crippen molar-refractivity contribution in [3.05, 3.63) is 70.6 Å². The lowest BCUT2D eigenvalue weighted by molar-refractivity contribution is 0.0549. The van der Waals surface area contributed by atoms with Crippen molar-refractivity contribution < 1.29 is 23.5 Å². The van der Waals surface area contributed by atoms with E-state index in [0.717, 1.165) is 6.07 Å². The third-order valence-corrected chi connectivity index (χ3v) is 4.15. The first-order valence-corrected chi connectivity index (χ1v) is 8.16. The van der Waals surface area contributed by atoms with Gasteiger partial charge in [-0.25, -0.2) is 18.7 Å². The van der Waals surface area contributed by atoms with Crippen molar-refractivity contribution in [1.82, 2.24) is 9.78 Å². The molecule has 0 amide bonds. The van der Waals surface area contributed by atoms with Crippen LogP contribution in [-0.2, 0) is 9.47 Å². The zero-order valence-corrected chi connectivity index (χ0v) is 15.2. The topological polar surface area (TPSA) is 70.4 Å². The van der Waals surface area contributed by atoms with E-state index in [1.54, 1.807) is 30.3 Å². The quantitative estimate of drug-likeness (QED) is 0.634. The highest BCUT2D eigenvalue weighted by Gasteiger charge is 2.32. The average molecular weight is 389 g/mol. The van der Waals surface area contributed by atoms with Crippen LogP contribution in [0.15, 0.2) is 48.5 Å². The van der Waals surface area contributed by atoms with E-state index in [4.69, 9.17) is 21.1 Å². The minimum Gasteiger partial charge on any atom is -0.465 e. The van der Waals surface area contributed by atoms with Crippen LogP contribution in [0.3, 0.4) is 0 Å². The Labute approximate surface area is 159 Å². The number of para-hydroxylation sites is 1. The van der Waals surface area contributed by atoms with Crippen LogP contribution in [0.1, 0.15) is 20.8 Å². The molecule has 1 heterocycles. The summed E-state index contributed by atoms with van der Waals surface area (Å²) in [5, 5.41) is 4.42. The molecule has 1 aromatic heterocycles. The summed E-state index contributed by atoms with van der Waals surface area (Å²) in [6, 6.07) is 12.4. The van der Waals surface area contributed by atoms with Gasteiger partial charge >= 0.3 is 11.9 Å². The maximum absolute atomic E-state index is 13.4. The van der Waals surface area contributed by atoms with Gasteiger partial charge in [0, 0.05) is 5.56 Å². The van der Waals surface area contributed by atoms with E-state index < -0.39 is 17.8 Å². The minimum atomic E-state index is -0.798. The lowest BCUT2D eigenvalue weighted by Crippen LogP contribution is -2.15. The lowest BCUT2D eigenvalue weighted by Gasteiger charge is -2.07. The van der Waals surface area contributed by atoms with Crippen molar-refractivity contribution in [1.29, 1.82) is 0 Å². The van der Waals surface area contributed by atoms with Crippen molar-refractivity contribution in [3.63, 3.8) is 0 Å². The van der Waals surface area contributed by atoms with E-state index in [1.807, 2.05) is 0 Å². The molecule has 0 radical (unpaired) electrons. The highest BCUT2D eigenvalue weighted by atomic mass is 35.5. The summed E-state index contributed by atoms with van der Waals surface area (Å²) < 4.78 is 24.4. The number of carbonyl (C=O) groups is 2. The molecule has 0 N–H and O–H groups in total. The molecule has 3 aromatic rings. The Morgan fingerprint density at radius 3 is 2.30 bits per heavy atom. The molecule has 8 heteroatoms. The normalized spacial score (nSPS) is 10.5. The Hall–Kier alpha value is -3.19. The highest BCUT2D eigenvalue weighted by molar-refractivity contribution is 6.33. The van der Waals surface area contributed by atoms with Gasteiger partial charge in [0.2, 0.25) is 0 Å². The van der Waals surface area contributed by atoms with Crippen molar-refractivity contribution in [2.45, 2.75) is 0 Å². The molecule has 0 spiro atoms. The van der Waals surface area contributed by atoms with Crippen molar-refractivity contribution >= 4 is 23.5 Å². The number of aromatic nitrogens is 2. The van der Waals surface area contributed by atoms with Crippen LogP contribution in [0.2, 0.25) is 5.02 Å².